The maximum atomic E-state index is 12.6. The third kappa shape index (κ3) is 7.80. The van der Waals surface area contributed by atoms with Gasteiger partial charge in [0.25, 0.3) is 5.91 Å². The highest BCUT2D eigenvalue weighted by Gasteiger charge is 2.32. The topological polar surface area (TPSA) is 170 Å². The van der Waals surface area contributed by atoms with Gasteiger partial charge >= 0.3 is 12.0 Å². The molecule has 1 aliphatic rings. The van der Waals surface area contributed by atoms with Crippen molar-refractivity contribution in [3.05, 3.63) is 57.8 Å². The summed E-state index contributed by atoms with van der Waals surface area (Å²) in [6, 6.07) is 8.48. The number of carbonyl (C=O) groups excluding carboxylic acids is 3. The average Bonchev–Trinajstić information content (AvgIpc) is 2.94. The minimum atomic E-state index is -0.789. The van der Waals surface area contributed by atoms with E-state index in [1.807, 2.05) is 6.07 Å². The molecule has 0 saturated heterocycles. The van der Waals surface area contributed by atoms with E-state index < -0.39 is 30.6 Å². The van der Waals surface area contributed by atoms with Crippen LogP contribution < -0.4 is 35.0 Å². The number of benzene rings is 2. The number of methoxy groups -OCH3 is 2. The Kier molecular flexibility index (Phi) is 10.8. The van der Waals surface area contributed by atoms with Crippen LogP contribution in [0.4, 0.5) is 4.79 Å². The van der Waals surface area contributed by atoms with Crippen LogP contribution in [0.15, 0.2) is 46.7 Å². The van der Waals surface area contributed by atoms with Gasteiger partial charge in [0.2, 0.25) is 0 Å². The third-order valence-electron chi connectivity index (χ3n) is 5.58. The summed E-state index contributed by atoms with van der Waals surface area (Å²) in [5, 5.41) is 18.1. The van der Waals surface area contributed by atoms with Gasteiger partial charge in [0.1, 0.15) is 6.07 Å². The first-order valence-electron chi connectivity index (χ1n) is 12.2. The molecular weight excluding hydrogens is 558 g/mol. The van der Waals surface area contributed by atoms with Crippen molar-refractivity contribution in [3.63, 3.8) is 0 Å². The van der Waals surface area contributed by atoms with E-state index in [-0.39, 0.29) is 41.1 Å². The maximum Gasteiger partial charge on any atom is 0.338 e. The van der Waals surface area contributed by atoms with Gasteiger partial charge < -0.3 is 34.3 Å². The monoisotopic (exact) mass is 585 g/mol. The molecule has 2 aromatic carbocycles. The van der Waals surface area contributed by atoms with Crippen LogP contribution in [0.2, 0.25) is 5.02 Å². The van der Waals surface area contributed by atoms with Gasteiger partial charge in [-0.1, -0.05) is 17.7 Å². The molecule has 0 bridgehead atoms. The van der Waals surface area contributed by atoms with E-state index in [0.29, 0.717) is 22.6 Å². The van der Waals surface area contributed by atoms with Crippen molar-refractivity contribution >= 4 is 35.7 Å². The molecule has 2 aromatic rings. The number of nitrogens with zero attached hydrogens (tertiary/aromatic N) is 2. The molecule has 216 valence electrons. The van der Waals surface area contributed by atoms with Crippen LogP contribution in [-0.4, -0.2) is 58.2 Å². The smallest absolute Gasteiger partial charge is 0.338 e. The van der Waals surface area contributed by atoms with Crippen molar-refractivity contribution in [1.82, 2.24) is 16.1 Å². The molecule has 0 radical (unpaired) electrons. The molecule has 1 heterocycles. The number of esters is 1. The van der Waals surface area contributed by atoms with Gasteiger partial charge in [0.05, 0.1) is 43.7 Å². The molecule has 3 rings (SSSR count). The van der Waals surface area contributed by atoms with Gasteiger partial charge in [-0.3, -0.25) is 4.79 Å². The number of ether oxygens (including phenoxy) is 5. The van der Waals surface area contributed by atoms with Gasteiger partial charge in [0, 0.05) is 5.70 Å². The number of nitriles is 1. The summed E-state index contributed by atoms with van der Waals surface area (Å²) in [5.41, 5.74) is 4.01. The van der Waals surface area contributed by atoms with Gasteiger partial charge in [0.15, 0.2) is 36.2 Å². The second-order valence-electron chi connectivity index (χ2n) is 8.26. The normalized spacial score (nSPS) is 14.4. The molecule has 0 fully saturated rings. The number of nitrogens with one attached hydrogen (secondary N) is 3. The fraction of sp³-hybridized carbons (Fsp3) is 0.296. The van der Waals surface area contributed by atoms with E-state index in [9.17, 15) is 14.4 Å². The highest BCUT2D eigenvalue weighted by Crippen LogP contribution is 2.36. The minimum absolute atomic E-state index is 0.172. The quantitative estimate of drug-likeness (QED) is 0.192. The zero-order valence-electron chi connectivity index (χ0n) is 22.7. The second kappa shape index (κ2) is 14.4. The Hall–Kier alpha value is -4.96. The number of hydrogen-bond donors (Lipinski definition) is 3. The zero-order chi connectivity index (χ0) is 29.9. The fourth-order valence-electron chi connectivity index (χ4n) is 3.82. The molecular formula is C27H28ClN5O8. The summed E-state index contributed by atoms with van der Waals surface area (Å²) in [6.07, 6.45) is 1.35. The van der Waals surface area contributed by atoms with Crippen LogP contribution in [-0.2, 0) is 14.3 Å². The second-order valence-corrected chi connectivity index (χ2v) is 8.67. The summed E-state index contributed by atoms with van der Waals surface area (Å²) in [4.78, 5) is 37.0. The number of rotatable bonds is 12. The molecule has 14 heteroatoms. The Labute approximate surface area is 241 Å². The molecule has 1 aliphatic heterocycles. The zero-order valence-corrected chi connectivity index (χ0v) is 23.5. The summed E-state index contributed by atoms with van der Waals surface area (Å²) in [5.74, 6) is -0.0952. The first kappa shape index (κ1) is 30.6. The number of carbonyl (C=O) groups is 3. The highest BCUT2D eigenvalue weighted by atomic mass is 35.5. The van der Waals surface area contributed by atoms with Gasteiger partial charge in [-0.05, 0) is 49.2 Å². The van der Waals surface area contributed by atoms with Crippen molar-refractivity contribution in [3.8, 4) is 29.1 Å². The molecule has 0 spiro atoms. The van der Waals surface area contributed by atoms with E-state index >= 15 is 0 Å². The van der Waals surface area contributed by atoms with Crippen LogP contribution in [0.25, 0.3) is 0 Å². The molecule has 0 aliphatic carbocycles. The Balaban J connectivity index is 1.67. The summed E-state index contributed by atoms with van der Waals surface area (Å²) in [7, 11) is 2.84. The Morgan fingerprint density at radius 3 is 2.59 bits per heavy atom. The molecule has 13 nitrogen and oxygen atoms in total. The number of hydrazone groups is 1. The average molecular weight is 586 g/mol. The number of halogens is 1. The van der Waals surface area contributed by atoms with Crippen LogP contribution in [0.3, 0.4) is 0 Å². The Morgan fingerprint density at radius 1 is 1.15 bits per heavy atom. The van der Waals surface area contributed by atoms with E-state index in [1.54, 1.807) is 38.1 Å². The minimum Gasteiger partial charge on any atom is -0.493 e. The number of amides is 3. The third-order valence-corrected chi connectivity index (χ3v) is 5.86. The van der Waals surface area contributed by atoms with Gasteiger partial charge in [-0.2, -0.15) is 10.4 Å². The molecule has 0 unspecified atom stereocenters. The van der Waals surface area contributed by atoms with E-state index in [1.165, 1.54) is 26.5 Å². The number of urea groups is 1. The van der Waals surface area contributed by atoms with E-state index in [2.05, 4.69) is 21.2 Å². The highest BCUT2D eigenvalue weighted by molar-refractivity contribution is 6.32. The first-order valence-corrected chi connectivity index (χ1v) is 12.5. The first-order chi connectivity index (χ1) is 19.7. The van der Waals surface area contributed by atoms with Crippen molar-refractivity contribution < 1.29 is 38.1 Å². The number of allylic oxidation sites excluding steroid dienone is 1. The molecule has 0 aromatic heterocycles. The van der Waals surface area contributed by atoms with Crippen LogP contribution in [0, 0.1) is 11.3 Å². The van der Waals surface area contributed by atoms with Crippen LogP contribution >= 0.6 is 11.6 Å². The largest absolute Gasteiger partial charge is 0.493 e. The summed E-state index contributed by atoms with van der Waals surface area (Å²) < 4.78 is 26.7. The van der Waals surface area contributed by atoms with Crippen LogP contribution in [0.1, 0.15) is 31.0 Å². The molecule has 0 saturated carbocycles. The molecule has 1 atom stereocenters. The van der Waals surface area contributed by atoms with Crippen molar-refractivity contribution in [2.24, 2.45) is 5.10 Å². The number of hydrogen-bond acceptors (Lipinski definition) is 10. The lowest BCUT2D eigenvalue weighted by atomic mass is 9.95. The SMILES string of the molecule is CCOC(=O)C1=C(C)NC(=O)N[C@@H]1c1ccc(OCC(=O)N/N=C\c2cc(Cl)c(OCC#N)c(OC)c2)c(OC)c1. The lowest BCUT2D eigenvalue weighted by molar-refractivity contribution is -0.139. The van der Waals surface area contributed by atoms with E-state index in [0.717, 1.165) is 0 Å². The van der Waals surface area contributed by atoms with Crippen LogP contribution in [0.5, 0.6) is 23.0 Å². The molecule has 3 N–H and O–H groups in total. The van der Waals surface area contributed by atoms with E-state index in [4.69, 9.17) is 40.5 Å². The molecule has 41 heavy (non-hydrogen) atoms. The maximum absolute atomic E-state index is 12.6. The van der Waals surface area contributed by atoms with Crippen molar-refractivity contribution in [1.29, 1.82) is 5.26 Å². The summed E-state index contributed by atoms with van der Waals surface area (Å²) >= 11 is 6.20. The summed E-state index contributed by atoms with van der Waals surface area (Å²) in [6.45, 7) is 2.87. The van der Waals surface area contributed by atoms with Crippen molar-refractivity contribution in [2.45, 2.75) is 19.9 Å². The predicted molar refractivity (Wildman–Crippen MR) is 147 cm³/mol. The Bertz CT molecular complexity index is 1420. The Morgan fingerprint density at radius 2 is 1.90 bits per heavy atom. The lowest BCUT2D eigenvalue weighted by Gasteiger charge is -2.28. The fourth-order valence-corrected chi connectivity index (χ4v) is 4.09. The lowest BCUT2D eigenvalue weighted by Crippen LogP contribution is -2.45. The molecule has 3 amide bonds. The van der Waals surface area contributed by atoms with Crippen molar-refractivity contribution in [2.75, 3.05) is 34.0 Å². The van der Waals surface area contributed by atoms with Gasteiger partial charge in [-0.25, -0.2) is 15.0 Å². The van der Waals surface area contributed by atoms with Gasteiger partial charge in [-0.15, -0.1) is 0 Å². The standard InChI is InChI=1S/C27H28ClN5O8/c1-5-39-26(35)23-15(2)31-27(36)32-24(23)17-6-7-19(20(12-17)37-3)41-14-22(34)33-30-13-16-10-18(28)25(40-9-8-29)21(11-16)38-4/h6-7,10-13,24H,5,9,14H2,1-4H3,(H,33,34)(H2,31,32,36)/b30-13-/t24-/m1/s1. The predicted octanol–water partition coefficient (Wildman–Crippen LogP) is 2.98.